The van der Waals surface area contributed by atoms with Gasteiger partial charge in [-0.1, -0.05) is 23.2 Å². The first kappa shape index (κ1) is 15.0. The summed E-state index contributed by atoms with van der Waals surface area (Å²) in [6.07, 6.45) is 0. The molecule has 3 nitrogen and oxygen atoms in total. The molecular weight excluding hydrogens is 315 g/mol. The lowest BCUT2D eigenvalue weighted by molar-refractivity contribution is 0.0955. The van der Waals surface area contributed by atoms with Gasteiger partial charge in [-0.3, -0.25) is 4.79 Å². The first-order chi connectivity index (χ1) is 9.47. The lowest BCUT2D eigenvalue weighted by Crippen LogP contribution is -2.19. The van der Waals surface area contributed by atoms with Gasteiger partial charge in [-0.25, -0.2) is 5.43 Å². The number of amides is 1. The highest BCUT2D eigenvalue weighted by Gasteiger charge is 2.10. The number of halogens is 2. The summed E-state index contributed by atoms with van der Waals surface area (Å²) >= 11 is 13.4. The van der Waals surface area contributed by atoms with Crippen LogP contribution in [0.15, 0.2) is 35.4 Å². The second-order valence-corrected chi connectivity index (χ2v) is 6.30. The van der Waals surface area contributed by atoms with Gasteiger partial charge in [-0.2, -0.15) is 5.10 Å². The molecule has 0 spiro atoms. The van der Waals surface area contributed by atoms with Crippen LogP contribution in [0.1, 0.15) is 27.0 Å². The van der Waals surface area contributed by atoms with Crippen LogP contribution in [0.3, 0.4) is 0 Å². The van der Waals surface area contributed by atoms with Crippen molar-refractivity contribution in [3.63, 3.8) is 0 Å². The quantitative estimate of drug-likeness (QED) is 0.654. The zero-order valence-electron chi connectivity index (χ0n) is 10.9. The van der Waals surface area contributed by atoms with E-state index in [9.17, 15) is 4.79 Å². The van der Waals surface area contributed by atoms with E-state index in [-0.39, 0.29) is 5.91 Å². The molecule has 0 saturated carbocycles. The zero-order chi connectivity index (χ0) is 14.7. The number of rotatable bonds is 3. The van der Waals surface area contributed by atoms with E-state index in [1.807, 2.05) is 26.0 Å². The maximum Gasteiger partial charge on any atom is 0.272 e. The molecule has 0 atom stereocenters. The predicted molar refractivity (Wildman–Crippen MR) is 85.2 cm³/mol. The molecule has 6 heteroatoms. The third-order valence-corrected chi connectivity index (χ3v) is 4.26. The number of aryl methyl sites for hydroxylation is 1. The number of nitrogens with zero attached hydrogens (tertiary/aromatic N) is 1. The molecule has 1 aromatic carbocycles. The highest BCUT2D eigenvalue weighted by molar-refractivity contribution is 7.14. The minimum atomic E-state index is -0.362. The number of thiophene rings is 1. The Balaban J connectivity index is 2.12. The molecule has 0 fully saturated rings. The first-order valence-electron chi connectivity index (χ1n) is 5.84. The zero-order valence-corrected chi connectivity index (χ0v) is 13.2. The van der Waals surface area contributed by atoms with Gasteiger partial charge in [0, 0.05) is 9.90 Å². The molecule has 1 aromatic heterocycles. The summed E-state index contributed by atoms with van der Waals surface area (Å²) < 4.78 is 0. The van der Waals surface area contributed by atoms with Crippen LogP contribution in [-0.2, 0) is 0 Å². The average molecular weight is 327 g/mol. The number of hydrogen-bond acceptors (Lipinski definition) is 3. The summed E-state index contributed by atoms with van der Waals surface area (Å²) in [5.74, 6) is -0.362. The number of hydrogen-bond donors (Lipinski definition) is 1. The molecule has 0 aliphatic rings. The van der Waals surface area contributed by atoms with E-state index in [0.29, 0.717) is 15.6 Å². The fraction of sp³-hybridized carbons (Fsp3) is 0.143. The molecule has 1 heterocycles. The van der Waals surface area contributed by atoms with Crippen LogP contribution in [0.2, 0.25) is 10.0 Å². The highest BCUT2D eigenvalue weighted by atomic mass is 35.5. The third kappa shape index (κ3) is 3.60. The average Bonchev–Trinajstić information content (AvgIpc) is 2.82. The molecule has 2 aromatic rings. The lowest BCUT2D eigenvalue weighted by atomic mass is 10.2. The van der Waals surface area contributed by atoms with E-state index in [1.54, 1.807) is 23.5 Å². The molecule has 1 amide bonds. The molecule has 0 unspecified atom stereocenters. The summed E-state index contributed by atoms with van der Waals surface area (Å²) in [6.45, 7) is 3.86. The van der Waals surface area contributed by atoms with Crippen LogP contribution < -0.4 is 5.43 Å². The molecule has 1 N–H and O–H groups in total. The van der Waals surface area contributed by atoms with Crippen LogP contribution >= 0.6 is 34.5 Å². The number of hydrazone groups is 1. The molecule has 0 bridgehead atoms. The van der Waals surface area contributed by atoms with Gasteiger partial charge in [0.25, 0.3) is 5.91 Å². The summed E-state index contributed by atoms with van der Waals surface area (Å²) in [6, 6.07) is 8.69. The SMILES string of the molecule is C/C(=N/NC(=O)c1ccc(Cl)cc1Cl)c1ccc(C)s1. The third-order valence-electron chi connectivity index (χ3n) is 2.60. The number of benzene rings is 1. The maximum absolute atomic E-state index is 12.0. The molecule has 0 radical (unpaired) electrons. The highest BCUT2D eigenvalue weighted by Crippen LogP contribution is 2.21. The summed E-state index contributed by atoms with van der Waals surface area (Å²) in [5.41, 5.74) is 3.59. The van der Waals surface area contributed by atoms with Gasteiger partial charge < -0.3 is 0 Å². The summed E-state index contributed by atoms with van der Waals surface area (Å²) in [7, 11) is 0. The molecular formula is C14H12Cl2N2OS. The minimum absolute atomic E-state index is 0.301. The van der Waals surface area contributed by atoms with Crippen molar-refractivity contribution in [3.05, 3.63) is 55.7 Å². The van der Waals surface area contributed by atoms with E-state index < -0.39 is 0 Å². The van der Waals surface area contributed by atoms with Gasteiger partial charge in [-0.15, -0.1) is 11.3 Å². The molecule has 0 aliphatic heterocycles. The molecule has 0 saturated heterocycles. The molecule has 104 valence electrons. The fourth-order valence-electron chi connectivity index (χ4n) is 1.55. The van der Waals surface area contributed by atoms with Crippen molar-refractivity contribution in [3.8, 4) is 0 Å². The number of nitrogens with one attached hydrogen (secondary N) is 1. The van der Waals surface area contributed by atoms with Crippen LogP contribution in [0.4, 0.5) is 0 Å². The van der Waals surface area contributed by atoms with Crippen LogP contribution in [-0.4, -0.2) is 11.6 Å². The Hall–Kier alpha value is -1.36. The Morgan fingerprint density at radius 2 is 2.00 bits per heavy atom. The fourth-order valence-corrected chi connectivity index (χ4v) is 2.86. The topological polar surface area (TPSA) is 41.5 Å². The van der Waals surface area contributed by atoms with Crippen LogP contribution in [0.25, 0.3) is 0 Å². The second-order valence-electron chi connectivity index (χ2n) is 4.17. The van der Waals surface area contributed by atoms with Crippen molar-refractivity contribution >= 4 is 46.2 Å². The Morgan fingerprint density at radius 1 is 1.25 bits per heavy atom. The smallest absolute Gasteiger partial charge is 0.267 e. The van der Waals surface area contributed by atoms with Crippen molar-refractivity contribution in [1.29, 1.82) is 0 Å². The summed E-state index contributed by atoms with van der Waals surface area (Å²) in [5, 5.41) is 4.87. The van der Waals surface area contributed by atoms with Crippen molar-refractivity contribution in [1.82, 2.24) is 5.43 Å². The summed E-state index contributed by atoms with van der Waals surface area (Å²) in [4.78, 5) is 14.2. The largest absolute Gasteiger partial charge is 0.272 e. The molecule has 2 rings (SSSR count). The van der Waals surface area contributed by atoms with Crippen LogP contribution in [0.5, 0.6) is 0 Å². The Bertz CT molecular complexity index is 680. The first-order valence-corrected chi connectivity index (χ1v) is 7.41. The lowest BCUT2D eigenvalue weighted by Gasteiger charge is -2.04. The van der Waals surface area contributed by atoms with Crippen molar-refractivity contribution < 1.29 is 4.79 Å². The normalized spacial score (nSPS) is 11.5. The van der Waals surface area contributed by atoms with E-state index in [4.69, 9.17) is 23.2 Å². The van der Waals surface area contributed by atoms with E-state index in [2.05, 4.69) is 10.5 Å². The van der Waals surface area contributed by atoms with E-state index >= 15 is 0 Å². The van der Waals surface area contributed by atoms with Gasteiger partial charge in [0.15, 0.2) is 0 Å². The van der Waals surface area contributed by atoms with Gasteiger partial charge in [-0.05, 0) is 44.2 Å². The predicted octanol–water partition coefficient (Wildman–Crippen LogP) is 4.52. The molecule has 20 heavy (non-hydrogen) atoms. The second kappa shape index (κ2) is 6.39. The monoisotopic (exact) mass is 326 g/mol. The van der Waals surface area contributed by atoms with Gasteiger partial charge >= 0.3 is 0 Å². The van der Waals surface area contributed by atoms with Gasteiger partial charge in [0.1, 0.15) is 0 Å². The Morgan fingerprint density at radius 3 is 2.60 bits per heavy atom. The van der Waals surface area contributed by atoms with E-state index in [1.165, 1.54) is 10.9 Å². The van der Waals surface area contributed by atoms with Gasteiger partial charge in [0.2, 0.25) is 0 Å². The van der Waals surface area contributed by atoms with Crippen molar-refractivity contribution in [2.45, 2.75) is 13.8 Å². The molecule has 0 aliphatic carbocycles. The number of carbonyl (C=O) groups excluding carboxylic acids is 1. The minimum Gasteiger partial charge on any atom is -0.267 e. The Kier molecular flexibility index (Phi) is 4.81. The standard InChI is InChI=1S/C14H12Cl2N2OS/c1-8-3-6-13(20-8)9(2)17-18-14(19)11-5-4-10(15)7-12(11)16/h3-7H,1-2H3,(H,18,19)/b17-9-. The number of carbonyl (C=O) groups is 1. The van der Waals surface area contributed by atoms with Crippen LogP contribution in [0, 0.1) is 6.92 Å². The van der Waals surface area contributed by atoms with Crippen molar-refractivity contribution in [2.75, 3.05) is 0 Å². The van der Waals surface area contributed by atoms with Gasteiger partial charge in [0.05, 0.1) is 21.2 Å². The maximum atomic E-state index is 12.0. The Labute approximate surface area is 131 Å². The van der Waals surface area contributed by atoms with E-state index in [0.717, 1.165) is 10.6 Å². The van der Waals surface area contributed by atoms with Crippen molar-refractivity contribution in [2.24, 2.45) is 5.10 Å².